The molecule has 1 amide bonds. The van der Waals surface area contributed by atoms with Gasteiger partial charge in [-0.05, 0) is 17.5 Å². The van der Waals surface area contributed by atoms with Gasteiger partial charge >= 0.3 is 0 Å². The Kier molecular flexibility index (Phi) is 3.37. The Labute approximate surface area is 95.6 Å². The Morgan fingerprint density at radius 2 is 2.25 bits per heavy atom. The monoisotopic (exact) mass is 216 g/mol. The number of amides is 1. The summed E-state index contributed by atoms with van der Waals surface area (Å²) in [5.41, 5.74) is 2.55. The molecule has 0 unspecified atom stereocenters. The summed E-state index contributed by atoms with van der Waals surface area (Å²) in [5, 5.41) is 6.05. The third kappa shape index (κ3) is 2.31. The van der Waals surface area contributed by atoms with E-state index in [1.807, 2.05) is 12.1 Å². The molecular weight excluding hydrogens is 200 g/mol. The third-order valence-corrected chi connectivity index (χ3v) is 2.82. The minimum atomic E-state index is -0.116. The van der Waals surface area contributed by atoms with Gasteiger partial charge in [-0.2, -0.15) is 0 Å². The first-order valence-electron chi connectivity index (χ1n) is 5.50. The minimum Gasteiger partial charge on any atom is -0.351 e. The summed E-state index contributed by atoms with van der Waals surface area (Å²) in [5.74, 6) is 0.0504. The third-order valence-electron chi connectivity index (χ3n) is 2.82. The van der Waals surface area contributed by atoms with E-state index in [2.05, 4.69) is 29.3 Å². The van der Waals surface area contributed by atoms with Crippen molar-refractivity contribution in [2.75, 3.05) is 6.54 Å². The van der Waals surface area contributed by atoms with Crippen LogP contribution >= 0.6 is 0 Å². The SMILES string of the molecule is C=CCNC(=O)[C@@H]1Cc2ccccc2CN1. The highest BCUT2D eigenvalue weighted by atomic mass is 16.2. The summed E-state index contributed by atoms with van der Waals surface area (Å²) in [6.07, 6.45) is 2.45. The molecule has 0 radical (unpaired) electrons. The van der Waals surface area contributed by atoms with Crippen LogP contribution in [0, 0.1) is 0 Å². The van der Waals surface area contributed by atoms with E-state index in [9.17, 15) is 4.79 Å². The molecule has 1 aromatic carbocycles. The normalized spacial score (nSPS) is 18.6. The molecule has 1 aliphatic heterocycles. The fraction of sp³-hybridized carbons (Fsp3) is 0.308. The summed E-state index contributed by atoms with van der Waals surface area (Å²) in [7, 11) is 0. The molecule has 0 aliphatic carbocycles. The molecule has 0 bridgehead atoms. The van der Waals surface area contributed by atoms with Gasteiger partial charge in [0.2, 0.25) is 5.91 Å². The highest BCUT2D eigenvalue weighted by Crippen LogP contribution is 2.16. The fourth-order valence-corrected chi connectivity index (χ4v) is 1.94. The number of hydrogen-bond donors (Lipinski definition) is 2. The molecule has 0 saturated carbocycles. The predicted octanol–water partition coefficient (Wildman–Crippen LogP) is 1.00. The predicted molar refractivity (Wildman–Crippen MR) is 64.0 cm³/mol. The van der Waals surface area contributed by atoms with E-state index >= 15 is 0 Å². The smallest absolute Gasteiger partial charge is 0.237 e. The van der Waals surface area contributed by atoms with Crippen molar-refractivity contribution in [2.24, 2.45) is 0 Å². The molecule has 2 rings (SSSR count). The quantitative estimate of drug-likeness (QED) is 0.740. The van der Waals surface area contributed by atoms with Crippen LogP contribution in [0.15, 0.2) is 36.9 Å². The first kappa shape index (κ1) is 10.9. The van der Waals surface area contributed by atoms with Crippen molar-refractivity contribution in [3.63, 3.8) is 0 Å². The van der Waals surface area contributed by atoms with E-state index in [1.165, 1.54) is 11.1 Å². The maximum absolute atomic E-state index is 11.7. The Morgan fingerprint density at radius 3 is 3.00 bits per heavy atom. The van der Waals surface area contributed by atoms with Crippen LogP contribution in [0.4, 0.5) is 0 Å². The standard InChI is InChI=1S/C13H16N2O/c1-2-7-14-13(16)12-8-10-5-3-4-6-11(10)9-15-12/h2-6,12,15H,1,7-9H2,(H,14,16)/t12-/m0/s1. The molecule has 3 heteroatoms. The number of carbonyl (C=O) groups is 1. The number of rotatable bonds is 3. The van der Waals surface area contributed by atoms with Crippen molar-refractivity contribution in [2.45, 2.75) is 19.0 Å². The molecular formula is C13H16N2O. The van der Waals surface area contributed by atoms with Gasteiger partial charge in [-0.1, -0.05) is 30.3 Å². The van der Waals surface area contributed by atoms with Crippen LogP contribution in [-0.2, 0) is 17.8 Å². The summed E-state index contributed by atoms with van der Waals surface area (Å²) >= 11 is 0. The van der Waals surface area contributed by atoms with Gasteiger partial charge in [0.05, 0.1) is 6.04 Å². The lowest BCUT2D eigenvalue weighted by atomic mass is 9.95. The van der Waals surface area contributed by atoms with Crippen molar-refractivity contribution in [1.82, 2.24) is 10.6 Å². The Bertz CT molecular complexity index is 401. The fourth-order valence-electron chi connectivity index (χ4n) is 1.94. The number of carbonyl (C=O) groups excluding carboxylic acids is 1. The molecule has 2 N–H and O–H groups in total. The molecule has 1 aliphatic rings. The second-order valence-electron chi connectivity index (χ2n) is 3.94. The molecule has 16 heavy (non-hydrogen) atoms. The number of fused-ring (bicyclic) bond motifs is 1. The summed E-state index contributed by atoms with van der Waals surface area (Å²) in [6.45, 7) is 4.87. The largest absolute Gasteiger partial charge is 0.351 e. The van der Waals surface area contributed by atoms with Gasteiger partial charge in [-0.15, -0.1) is 6.58 Å². The zero-order valence-electron chi connectivity index (χ0n) is 9.20. The van der Waals surface area contributed by atoms with E-state index in [-0.39, 0.29) is 11.9 Å². The lowest BCUT2D eigenvalue weighted by molar-refractivity contribution is -0.123. The van der Waals surface area contributed by atoms with Crippen LogP contribution in [0.5, 0.6) is 0 Å². The van der Waals surface area contributed by atoms with Crippen molar-refractivity contribution in [3.05, 3.63) is 48.0 Å². The zero-order chi connectivity index (χ0) is 11.4. The maximum atomic E-state index is 11.7. The maximum Gasteiger partial charge on any atom is 0.237 e. The topological polar surface area (TPSA) is 41.1 Å². The van der Waals surface area contributed by atoms with Crippen LogP contribution in [-0.4, -0.2) is 18.5 Å². The highest BCUT2D eigenvalue weighted by molar-refractivity contribution is 5.82. The van der Waals surface area contributed by atoms with Gasteiger partial charge in [0.25, 0.3) is 0 Å². The highest BCUT2D eigenvalue weighted by Gasteiger charge is 2.22. The molecule has 1 atom stereocenters. The molecule has 0 spiro atoms. The van der Waals surface area contributed by atoms with Gasteiger partial charge in [0.1, 0.15) is 0 Å². The Morgan fingerprint density at radius 1 is 1.50 bits per heavy atom. The average molecular weight is 216 g/mol. The van der Waals surface area contributed by atoms with Crippen molar-refractivity contribution >= 4 is 5.91 Å². The first-order chi connectivity index (χ1) is 7.81. The molecule has 1 heterocycles. The van der Waals surface area contributed by atoms with Crippen molar-refractivity contribution in [1.29, 1.82) is 0 Å². The van der Waals surface area contributed by atoms with Crippen LogP contribution in [0.3, 0.4) is 0 Å². The van der Waals surface area contributed by atoms with E-state index < -0.39 is 0 Å². The van der Waals surface area contributed by atoms with Gasteiger partial charge in [-0.25, -0.2) is 0 Å². The average Bonchev–Trinajstić information content (AvgIpc) is 2.35. The first-order valence-corrected chi connectivity index (χ1v) is 5.50. The van der Waals surface area contributed by atoms with E-state index in [0.717, 1.165) is 13.0 Å². The Hall–Kier alpha value is -1.61. The number of nitrogens with one attached hydrogen (secondary N) is 2. The summed E-state index contributed by atoms with van der Waals surface area (Å²) in [6, 6.07) is 8.11. The molecule has 3 nitrogen and oxygen atoms in total. The van der Waals surface area contributed by atoms with Gasteiger partial charge in [0.15, 0.2) is 0 Å². The van der Waals surface area contributed by atoms with E-state index in [1.54, 1.807) is 6.08 Å². The van der Waals surface area contributed by atoms with Crippen LogP contribution in [0.2, 0.25) is 0 Å². The van der Waals surface area contributed by atoms with Crippen molar-refractivity contribution in [3.8, 4) is 0 Å². The van der Waals surface area contributed by atoms with E-state index in [4.69, 9.17) is 0 Å². The van der Waals surface area contributed by atoms with Gasteiger partial charge in [0, 0.05) is 13.1 Å². The lowest BCUT2D eigenvalue weighted by Crippen LogP contribution is -2.47. The molecule has 0 aromatic heterocycles. The second-order valence-corrected chi connectivity index (χ2v) is 3.94. The Balaban J connectivity index is 2.02. The van der Waals surface area contributed by atoms with Crippen molar-refractivity contribution < 1.29 is 4.79 Å². The van der Waals surface area contributed by atoms with E-state index in [0.29, 0.717) is 6.54 Å². The summed E-state index contributed by atoms with van der Waals surface area (Å²) < 4.78 is 0. The molecule has 0 saturated heterocycles. The number of benzene rings is 1. The summed E-state index contributed by atoms with van der Waals surface area (Å²) in [4.78, 5) is 11.7. The molecule has 84 valence electrons. The number of hydrogen-bond acceptors (Lipinski definition) is 2. The minimum absolute atomic E-state index is 0.0504. The van der Waals surface area contributed by atoms with Crippen LogP contribution in [0.1, 0.15) is 11.1 Å². The van der Waals surface area contributed by atoms with Gasteiger partial charge in [-0.3, -0.25) is 4.79 Å². The molecule has 1 aromatic rings. The van der Waals surface area contributed by atoms with Crippen LogP contribution in [0.25, 0.3) is 0 Å². The zero-order valence-corrected chi connectivity index (χ0v) is 9.20. The molecule has 0 fully saturated rings. The van der Waals surface area contributed by atoms with Crippen LogP contribution < -0.4 is 10.6 Å². The lowest BCUT2D eigenvalue weighted by Gasteiger charge is -2.25. The second kappa shape index (κ2) is 4.94. The van der Waals surface area contributed by atoms with Gasteiger partial charge < -0.3 is 10.6 Å².